The van der Waals surface area contributed by atoms with E-state index in [4.69, 9.17) is 15.0 Å². The molecule has 306 valence electrons. The zero-order chi connectivity index (χ0) is 43.5. The van der Waals surface area contributed by atoms with E-state index in [1.54, 1.807) is 0 Å². The molecule has 11 aromatic rings. The summed E-state index contributed by atoms with van der Waals surface area (Å²) < 4.78 is 0. The Labute approximate surface area is 379 Å². The number of nitrogens with zero attached hydrogens (tertiary/aromatic N) is 3. The molecular formula is C62H43N3. The van der Waals surface area contributed by atoms with E-state index in [0.717, 1.165) is 50.2 Å². The van der Waals surface area contributed by atoms with Gasteiger partial charge in [0.2, 0.25) is 0 Å². The van der Waals surface area contributed by atoms with Crippen molar-refractivity contribution in [2.45, 2.75) is 19.3 Å². The van der Waals surface area contributed by atoms with E-state index >= 15 is 0 Å². The second-order valence-corrected chi connectivity index (χ2v) is 17.6. The largest absolute Gasteiger partial charge is 0.247 e. The van der Waals surface area contributed by atoms with Crippen molar-refractivity contribution in [1.29, 1.82) is 0 Å². The van der Waals surface area contributed by atoms with Crippen LogP contribution in [0.4, 0.5) is 0 Å². The van der Waals surface area contributed by atoms with Crippen molar-refractivity contribution >= 4 is 21.7 Å². The van der Waals surface area contributed by atoms with Crippen LogP contribution in [0.3, 0.4) is 0 Å². The van der Waals surface area contributed by atoms with Gasteiger partial charge in [-0.25, -0.2) is 15.0 Å². The van der Waals surface area contributed by atoms with Crippen LogP contribution in [0.1, 0.15) is 25.0 Å². The van der Waals surface area contributed by atoms with Crippen molar-refractivity contribution in [3.63, 3.8) is 0 Å². The van der Waals surface area contributed by atoms with Gasteiger partial charge in [0.15, 0.2) is 5.82 Å². The van der Waals surface area contributed by atoms with Crippen LogP contribution in [0, 0.1) is 0 Å². The van der Waals surface area contributed by atoms with Crippen LogP contribution in [0.5, 0.6) is 0 Å². The Kier molecular flexibility index (Phi) is 9.17. The molecular weight excluding hydrogens is 787 g/mol. The standard InChI is InChI=1S/C62H43N3/c1-62(2)54-19-11-9-17-52(54)60-59(62)58(53-18-10-12-20-55(53)63-60)46-29-23-44(24-30-46)48-33-34-50-38-51(36-35-49(50)37-48)57-39-56(45-27-21-42(22-28-45)40-13-5-3-6-14-40)64-61(65-57)47-31-25-43(26-32-47)41-15-7-4-8-16-41/h3-39H,1-2H3. The molecule has 0 bridgehead atoms. The number of rotatable bonds is 7. The van der Waals surface area contributed by atoms with Gasteiger partial charge in [-0.05, 0) is 90.7 Å². The molecule has 2 aromatic heterocycles. The lowest BCUT2D eigenvalue weighted by atomic mass is 9.78. The van der Waals surface area contributed by atoms with E-state index in [2.05, 4.69) is 226 Å². The molecule has 2 heterocycles. The summed E-state index contributed by atoms with van der Waals surface area (Å²) in [5.74, 6) is 0.695. The minimum Gasteiger partial charge on any atom is -0.247 e. The number of benzene rings is 9. The summed E-state index contributed by atoms with van der Waals surface area (Å²) in [4.78, 5) is 15.6. The fourth-order valence-corrected chi connectivity index (χ4v) is 9.88. The minimum atomic E-state index is -0.175. The molecule has 0 saturated heterocycles. The van der Waals surface area contributed by atoms with Gasteiger partial charge in [-0.15, -0.1) is 0 Å². The third kappa shape index (κ3) is 6.81. The molecule has 0 spiro atoms. The van der Waals surface area contributed by atoms with Gasteiger partial charge in [0, 0.05) is 33.1 Å². The summed E-state index contributed by atoms with van der Waals surface area (Å²) >= 11 is 0. The number of aromatic nitrogens is 3. The SMILES string of the molecule is CC1(C)c2ccccc2-c2nc3ccccc3c(-c3ccc(-c4ccc5cc(-c6cc(-c7ccc(-c8ccccc8)cc7)nc(-c7ccc(-c8ccccc8)cc7)n6)ccc5c4)cc3)c21. The molecule has 9 aromatic carbocycles. The van der Waals surface area contributed by atoms with Crippen LogP contribution < -0.4 is 0 Å². The first-order chi connectivity index (χ1) is 31.9. The second kappa shape index (κ2) is 15.5. The Hall–Kier alpha value is -8.27. The van der Waals surface area contributed by atoms with Crippen LogP contribution in [0.2, 0.25) is 0 Å². The van der Waals surface area contributed by atoms with Gasteiger partial charge in [-0.3, -0.25) is 0 Å². The topological polar surface area (TPSA) is 38.7 Å². The Morgan fingerprint density at radius 3 is 1.46 bits per heavy atom. The normalized spacial score (nSPS) is 12.6. The summed E-state index contributed by atoms with van der Waals surface area (Å²) in [7, 11) is 0. The van der Waals surface area contributed by atoms with Crippen LogP contribution in [0.15, 0.2) is 224 Å². The molecule has 0 radical (unpaired) electrons. The van der Waals surface area contributed by atoms with E-state index in [1.807, 2.05) is 12.1 Å². The third-order valence-electron chi connectivity index (χ3n) is 13.3. The fraction of sp³-hybridized carbons (Fsp3) is 0.0484. The Bertz CT molecular complexity index is 3470. The first-order valence-electron chi connectivity index (χ1n) is 22.3. The quantitative estimate of drug-likeness (QED) is 0.161. The van der Waals surface area contributed by atoms with E-state index in [9.17, 15) is 0 Å². The minimum absolute atomic E-state index is 0.175. The average molecular weight is 830 g/mol. The van der Waals surface area contributed by atoms with E-state index in [0.29, 0.717) is 5.82 Å². The summed E-state index contributed by atoms with van der Waals surface area (Å²) in [6.07, 6.45) is 0. The lowest BCUT2D eigenvalue weighted by molar-refractivity contribution is 0.662. The van der Waals surface area contributed by atoms with Crippen LogP contribution in [-0.2, 0) is 5.41 Å². The maximum Gasteiger partial charge on any atom is 0.160 e. The molecule has 0 unspecified atom stereocenters. The highest BCUT2D eigenvalue weighted by atomic mass is 14.9. The highest BCUT2D eigenvalue weighted by molar-refractivity contribution is 6.02. The predicted molar refractivity (Wildman–Crippen MR) is 270 cm³/mol. The van der Waals surface area contributed by atoms with E-state index in [-0.39, 0.29) is 5.41 Å². The molecule has 12 rings (SSSR count). The molecule has 3 nitrogen and oxygen atoms in total. The smallest absolute Gasteiger partial charge is 0.160 e. The van der Waals surface area contributed by atoms with Crippen molar-refractivity contribution < 1.29 is 0 Å². The Morgan fingerprint density at radius 2 is 0.800 bits per heavy atom. The molecule has 0 fully saturated rings. The lowest BCUT2D eigenvalue weighted by Gasteiger charge is -2.25. The molecule has 0 saturated carbocycles. The number of pyridine rings is 1. The first kappa shape index (κ1) is 38.4. The van der Waals surface area contributed by atoms with Gasteiger partial charge in [-0.1, -0.05) is 214 Å². The first-order valence-corrected chi connectivity index (χ1v) is 22.3. The van der Waals surface area contributed by atoms with Crippen LogP contribution >= 0.6 is 0 Å². The third-order valence-corrected chi connectivity index (χ3v) is 13.3. The predicted octanol–water partition coefficient (Wildman–Crippen LogP) is 16.2. The molecule has 0 N–H and O–H groups in total. The Balaban J connectivity index is 0.893. The van der Waals surface area contributed by atoms with Crippen molar-refractivity contribution in [1.82, 2.24) is 15.0 Å². The van der Waals surface area contributed by atoms with Gasteiger partial charge in [0.05, 0.1) is 22.6 Å². The number of para-hydroxylation sites is 1. The zero-order valence-corrected chi connectivity index (χ0v) is 36.2. The molecule has 1 aliphatic rings. The van der Waals surface area contributed by atoms with Gasteiger partial charge < -0.3 is 0 Å². The molecule has 0 aliphatic heterocycles. The van der Waals surface area contributed by atoms with Crippen molar-refractivity contribution in [2.75, 3.05) is 0 Å². The summed E-state index contributed by atoms with van der Waals surface area (Å²) in [5.41, 5.74) is 20.2. The number of hydrogen-bond donors (Lipinski definition) is 0. The van der Waals surface area contributed by atoms with E-state index < -0.39 is 0 Å². The molecule has 0 amide bonds. The molecule has 1 aliphatic carbocycles. The zero-order valence-electron chi connectivity index (χ0n) is 36.2. The van der Waals surface area contributed by atoms with Gasteiger partial charge >= 0.3 is 0 Å². The summed E-state index contributed by atoms with van der Waals surface area (Å²) in [5, 5.41) is 3.52. The second-order valence-electron chi connectivity index (χ2n) is 17.6. The summed E-state index contributed by atoms with van der Waals surface area (Å²) in [6, 6.07) is 80.2. The lowest BCUT2D eigenvalue weighted by Crippen LogP contribution is -2.16. The average Bonchev–Trinajstić information content (AvgIpc) is 3.60. The number of fused-ring (bicyclic) bond motifs is 5. The van der Waals surface area contributed by atoms with Crippen molar-refractivity contribution in [3.8, 4) is 89.7 Å². The maximum atomic E-state index is 5.25. The monoisotopic (exact) mass is 829 g/mol. The number of hydrogen-bond acceptors (Lipinski definition) is 3. The van der Waals surface area contributed by atoms with E-state index in [1.165, 1.54) is 66.4 Å². The van der Waals surface area contributed by atoms with Gasteiger partial charge in [0.1, 0.15) is 0 Å². The highest BCUT2D eigenvalue weighted by Gasteiger charge is 2.39. The Morgan fingerprint density at radius 1 is 0.338 bits per heavy atom. The van der Waals surface area contributed by atoms with Crippen molar-refractivity contribution in [2.24, 2.45) is 0 Å². The van der Waals surface area contributed by atoms with Crippen LogP contribution in [0.25, 0.3) is 111 Å². The summed E-state index contributed by atoms with van der Waals surface area (Å²) in [6.45, 7) is 4.68. The fourth-order valence-electron chi connectivity index (χ4n) is 9.88. The van der Waals surface area contributed by atoms with Crippen LogP contribution in [-0.4, -0.2) is 15.0 Å². The van der Waals surface area contributed by atoms with Gasteiger partial charge in [-0.2, -0.15) is 0 Å². The maximum absolute atomic E-state index is 5.25. The molecule has 0 atom stereocenters. The molecule has 3 heteroatoms. The van der Waals surface area contributed by atoms with Crippen molar-refractivity contribution in [3.05, 3.63) is 236 Å². The molecule has 65 heavy (non-hydrogen) atoms. The van der Waals surface area contributed by atoms with Gasteiger partial charge in [0.25, 0.3) is 0 Å². The highest BCUT2D eigenvalue weighted by Crippen LogP contribution is 2.53.